The van der Waals surface area contributed by atoms with Crippen LogP contribution in [0.1, 0.15) is 27.4 Å². The average Bonchev–Trinajstić information content (AvgIpc) is 1.50. The Balaban J connectivity index is 1.25. The van der Waals surface area contributed by atoms with E-state index < -0.39 is 157 Å². The molecule has 10 aromatic carbocycles. The van der Waals surface area contributed by atoms with E-state index in [1.54, 1.807) is 34.9 Å². The van der Waals surface area contributed by atoms with Crippen LogP contribution in [-0.4, -0.2) is 36.7 Å². The Morgan fingerprint density at radius 1 is 0.314 bits per heavy atom. The maximum atomic E-state index is 9.75. The van der Waals surface area contributed by atoms with Crippen LogP contribution in [0.5, 0.6) is 0 Å². The maximum absolute atomic E-state index is 9.75. The van der Waals surface area contributed by atoms with Crippen molar-refractivity contribution in [3.8, 4) is 29.0 Å². The van der Waals surface area contributed by atoms with Gasteiger partial charge in [-0.05, 0) is 69.2 Å². The molecule has 0 aliphatic carbocycles. The molecule has 0 saturated heterocycles. The van der Waals surface area contributed by atoms with Crippen molar-refractivity contribution in [2.45, 2.75) is 0 Å². The normalized spacial score (nSPS) is 16.0. The van der Waals surface area contributed by atoms with E-state index in [1.807, 2.05) is 103 Å². The van der Waals surface area contributed by atoms with Gasteiger partial charge in [-0.1, -0.05) is 206 Å². The number of benzene rings is 10. The van der Waals surface area contributed by atoms with Gasteiger partial charge in [0.05, 0.1) is 66.2 Å². The molecular formula is C63H42N6Si. The third-order valence-electron chi connectivity index (χ3n) is 12.9. The van der Waals surface area contributed by atoms with Gasteiger partial charge in [-0.3, -0.25) is 9.13 Å². The Morgan fingerprint density at radius 2 is 0.686 bits per heavy atom. The van der Waals surface area contributed by atoms with Crippen molar-refractivity contribution in [3.63, 3.8) is 0 Å². The molecule has 0 aliphatic heterocycles. The second-order valence-corrected chi connectivity index (χ2v) is 20.3. The van der Waals surface area contributed by atoms with Gasteiger partial charge < -0.3 is 4.57 Å². The van der Waals surface area contributed by atoms with E-state index in [1.165, 1.54) is 0 Å². The molecule has 0 N–H and O–H groups in total. The molecule has 0 fully saturated rings. The van der Waals surface area contributed by atoms with Crippen molar-refractivity contribution < 1.29 is 27.4 Å². The highest BCUT2D eigenvalue weighted by atomic mass is 28.3. The molecule has 0 aliphatic rings. The number of rotatable bonds is 8. The van der Waals surface area contributed by atoms with Crippen LogP contribution in [0.25, 0.3) is 94.4 Å². The summed E-state index contributed by atoms with van der Waals surface area (Å²) < 4.78 is 188. The first-order chi connectivity index (χ1) is 43.1. The zero-order valence-corrected chi connectivity index (χ0v) is 37.4. The Labute approximate surface area is 432 Å². The Morgan fingerprint density at radius 3 is 1.13 bits per heavy atom. The molecule has 0 amide bonds. The second-order valence-electron chi connectivity index (χ2n) is 16.5. The monoisotopic (exact) mass is 930 g/mol. The molecule has 14 rings (SSSR count). The van der Waals surface area contributed by atoms with Crippen LogP contribution in [0, 0.1) is 0 Å². The lowest BCUT2D eigenvalue weighted by atomic mass is 10.1. The van der Waals surface area contributed by atoms with E-state index in [4.69, 9.17) is 28.7 Å². The van der Waals surface area contributed by atoms with Crippen LogP contribution in [0.2, 0.25) is 0 Å². The number of aromatic nitrogens is 6. The van der Waals surface area contributed by atoms with Gasteiger partial charge in [0.1, 0.15) is 0 Å². The standard InChI is InChI=1S/C63H42N6Si/c1-4-22-43(23-5-1)70(44-24-6-2-7-25-44,45-26-8-3-9-27-45)46-40-41-53(60(42-46)67-54-34-16-10-28-47(54)48-29-11-17-35-55(48)67)61-64-62(68-56-36-18-12-30-49(56)50-31-13-19-37-57(50)68)66-63(65-61)69-58-38-20-14-32-51(58)52-33-15-21-39-59(52)69/h1-42H/i10D,12D,13D,14D,15D,16D,18D,19D,20D,21D,28D,30D,31D,32D,33D,34D,36D,37D,38D,39D. The number of nitrogens with zero attached hydrogens (tertiary/aromatic N) is 6. The summed E-state index contributed by atoms with van der Waals surface area (Å²) in [6.07, 6.45) is 0. The van der Waals surface area contributed by atoms with E-state index >= 15 is 0 Å². The first-order valence-electron chi connectivity index (χ1n) is 32.2. The summed E-state index contributed by atoms with van der Waals surface area (Å²) in [6.45, 7) is 0. The third-order valence-corrected chi connectivity index (χ3v) is 17.7. The molecule has 0 atom stereocenters. The largest absolute Gasteiger partial charge is 0.309 e. The van der Waals surface area contributed by atoms with Crippen molar-refractivity contribution in [1.82, 2.24) is 28.7 Å². The van der Waals surface area contributed by atoms with Gasteiger partial charge in [0, 0.05) is 37.9 Å². The minimum Gasteiger partial charge on any atom is -0.309 e. The van der Waals surface area contributed by atoms with Gasteiger partial charge >= 0.3 is 0 Å². The van der Waals surface area contributed by atoms with Crippen molar-refractivity contribution >= 4 is 94.2 Å². The fourth-order valence-electron chi connectivity index (χ4n) is 10.0. The molecule has 6 nitrogen and oxygen atoms in total. The summed E-state index contributed by atoms with van der Waals surface area (Å²) >= 11 is 0. The zero-order chi connectivity index (χ0) is 63.6. The first kappa shape index (κ1) is 24.7. The van der Waals surface area contributed by atoms with E-state index in [0.717, 1.165) is 29.9 Å². The molecule has 0 unspecified atom stereocenters. The second kappa shape index (κ2) is 16.0. The van der Waals surface area contributed by atoms with Gasteiger partial charge in [0.15, 0.2) is 13.9 Å². The summed E-state index contributed by atoms with van der Waals surface area (Å²) in [5, 5.41) is 2.75. The SMILES string of the molecule is [2H]c1c([2H])c([2H])c2c(c1[2H])c1ccccc1n2-c1cc([Si](c2ccccc2)(c2ccccc2)c2ccccc2)ccc1-c1nc(-n2c3c([2H])c([2H])c([2H])c([2H])c3c3c([2H])c([2H])c([2H])c([2H])c32)nc(-n2c3c([2H])c([2H])c([2H])c([2H])c3c3c([2H])c([2H])c([2H])c([2H])c32)n1. The van der Waals surface area contributed by atoms with Gasteiger partial charge in [-0.15, -0.1) is 0 Å². The topological polar surface area (TPSA) is 53.5 Å². The van der Waals surface area contributed by atoms with E-state index in [2.05, 4.69) is 0 Å². The van der Waals surface area contributed by atoms with Crippen LogP contribution in [0.15, 0.2) is 254 Å². The zero-order valence-electron chi connectivity index (χ0n) is 56.4. The molecule has 7 heteroatoms. The van der Waals surface area contributed by atoms with Gasteiger partial charge in [0.2, 0.25) is 11.9 Å². The van der Waals surface area contributed by atoms with Crippen molar-refractivity contribution in [2.24, 2.45) is 0 Å². The van der Waals surface area contributed by atoms with Gasteiger partial charge in [-0.25, -0.2) is 0 Å². The predicted octanol–water partition coefficient (Wildman–Crippen LogP) is 12.2. The number of para-hydroxylation sites is 6. The Kier molecular flexibility index (Phi) is 5.65. The number of hydrogen-bond acceptors (Lipinski definition) is 3. The third kappa shape index (κ3) is 5.95. The quantitative estimate of drug-likeness (QED) is 0.113. The van der Waals surface area contributed by atoms with Gasteiger partial charge in [-0.2, -0.15) is 15.0 Å². The smallest absolute Gasteiger partial charge is 0.240 e. The molecule has 0 radical (unpaired) electrons. The molecule has 0 saturated carbocycles. The molecular weight excluding hydrogens is 869 g/mol. The summed E-state index contributed by atoms with van der Waals surface area (Å²) in [7, 11) is -3.58. The summed E-state index contributed by atoms with van der Waals surface area (Å²) in [6, 6.07) is 28.6. The number of hydrogen-bond donors (Lipinski definition) is 0. The fourth-order valence-corrected chi connectivity index (χ4v) is 14.8. The fraction of sp³-hybridized carbons (Fsp3) is 0. The van der Waals surface area contributed by atoms with Crippen LogP contribution in [0.3, 0.4) is 0 Å². The maximum Gasteiger partial charge on any atom is 0.240 e. The van der Waals surface area contributed by atoms with Crippen molar-refractivity contribution in [3.05, 3.63) is 254 Å². The molecule has 0 spiro atoms. The van der Waals surface area contributed by atoms with E-state index in [9.17, 15) is 13.7 Å². The molecule has 14 aromatic rings. The molecule has 4 aromatic heterocycles. The molecule has 0 bridgehead atoms. The van der Waals surface area contributed by atoms with E-state index in [0.29, 0.717) is 10.9 Å². The van der Waals surface area contributed by atoms with Crippen molar-refractivity contribution in [2.75, 3.05) is 0 Å². The van der Waals surface area contributed by atoms with Crippen LogP contribution in [-0.2, 0) is 0 Å². The summed E-state index contributed by atoms with van der Waals surface area (Å²) in [5.74, 6) is -1.58. The average molecular weight is 931 g/mol. The first-order valence-corrected chi connectivity index (χ1v) is 24.2. The summed E-state index contributed by atoms with van der Waals surface area (Å²) in [5.41, 5.74) is -1.02. The number of fused-ring (bicyclic) bond motifs is 9. The highest BCUT2D eigenvalue weighted by Gasteiger charge is 2.42. The molecule has 4 heterocycles. The van der Waals surface area contributed by atoms with Crippen LogP contribution < -0.4 is 20.7 Å². The van der Waals surface area contributed by atoms with Crippen LogP contribution >= 0.6 is 0 Å². The minimum atomic E-state index is -3.58. The lowest BCUT2D eigenvalue weighted by Crippen LogP contribution is -2.74. The predicted molar refractivity (Wildman–Crippen MR) is 292 cm³/mol. The van der Waals surface area contributed by atoms with Crippen molar-refractivity contribution in [1.29, 1.82) is 0 Å². The summed E-state index contributed by atoms with van der Waals surface area (Å²) in [4.78, 5) is 15.2. The van der Waals surface area contributed by atoms with Crippen LogP contribution in [0.4, 0.5) is 0 Å². The van der Waals surface area contributed by atoms with E-state index in [-0.39, 0.29) is 55.6 Å². The minimum absolute atomic E-state index is 0.0327. The lowest BCUT2D eigenvalue weighted by Gasteiger charge is -2.35. The Bertz CT molecular complexity index is 5070. The lowest BCUT2D eigenvalue weighted by molar-refractivity contribution is 0.892. The highest BCUT2D eigenvalue weighted by molar-refractivity contribution is 7.19. The highest BCUT2D eigenvalue weighted by Crippen LogP contribution is 2.38. The van der Waals surface area contributed by atoms with Gasteiger partial charge in [0.25, 0.3) is 0 Å². The Hall–Kier alpha value is -9.17. The molecule has 70 heavy (non-hydrogen) atoms. The molecule has 328 valence electrons.